The highest BCUT2D eigenvalue weighted by Gasteiger charge is 2.13. The molecule has 4 N–H and O–H groups in total. The summed E-state index contributed by atoms with van der Waals surface area (Å²) in [5.74, 6) is -2.16. The molecule has 0 amide bonds. The molecule has 0 aliphatic carbocycles. The molecule has 0 bridgehead atoms. The lowest BCUT2D eigenvalue weighted by Crippen LogP contribution is -2.20. The Kier molecular flexibility index (Phi) is 3.11. The number of hydrogen-bond donors (Lipinski definition) is 3. The van der Waals surface area contributed by atoms with E-state index < -0.39 is 17.3 Å². The van der Waals surface area contributed by atoms with E-state index in [0.29, 0.717) is 5.69 Å². The summed E-state index contributed by atoms with van der Waals surface area (Å²) in [5, 5.41) is 10.2. The Morgan fingerprint density at radius 1 is 1.53 bits per heavy atom. The van der Waals surface area contributed by atoms with Gasteiger partial charge in [-0.05, 0) is 6.07 Å². The van der Waals surface area contributed by atoms with E-state index in [2.05, 4.69) is 5.43 Å². The minimum atomic E-state index is -1.34. The van der Waals surface area contributed by atoms with E-state index in [1.807, 2.05) is 0 Å². The third kappa shape index (κ3) is 2.57. The lowest BCUT2D eigenvalue weighted by atomic mass is 10.1. The van der Waals surface area contributed by atoms with Crippen LogP contribution in [0.4, 0.5) is 15.8 Å². The van der Waals surface area contributed by atoms with Gasteiger partial charge in [0.25, 0.3) is 0 Å². The van der Waals surface area contributed by atoms with Crippen LogP contribution in [0.25, 0.3) is 0 Å². The highest BCUT2D eigenvalue weighted by atomic mass is 19.1. The molecule has 0 aliphatic heterocycles. The van der Waals surface area contributed by atoms with Crippen molar-refractivity contribution in [2.75, 3.05) is 25.3 Å². The van der Waals surface area contributed by atoms with Crippen molar-refractivity contribution in [3.05, 3.63) is 23.5 Å². The average Bonchev–Trinajstić information content (AvgIpc) is 2.09. The van der Waals surface area contributed by atoms with Gasteiger partial charge in [0.05, 0.1) is 16.9 Å². The summed E-state index contributed by atoms with van der Waals surface area (Å²) < 4.78 is 13.2. The van der Waals surface area contributed by atoms with Gasteiger partial charge >= 0.3 is 5.97 Å². The molecule has 0 aromatic heterocycles. The highest BCUT2D eigenvalue weighted by molar-refractivity contribution is 5.90. The number of carboxylic acids is 1. The maximum atomic E-state index is 13.2. The molecule has 0 atom stereocenters. The largest absolute Gasteiger partial charge is 0.478 e. The maximum Gasteiger partial charge on any atom is 0.338 e. The predicted molar refractivity (Wildman–Crippen MR) is 55.1 cm³/mol. The summed E-state index contributed by atoms with van der Waals surface area (Å²) in [6, 6.07) is 2.14. The molecule has 0 spiro atoms. The number of hydrogen-bond acceptors (Lipinski definition) is 4. The average molecular weight is 213 g/mol. The van der Waals surface area contributed by atoms with Crippen molar-refractivity contribution in [2.45, 2.75) is 0 Å². The van der Waals surface area contributed by atoms with E-state index in [9.17, 15) is 9.18 Å². The van der Waals surface area contributed by atoms with Crippen LogP contribution in [0.15, 0.2) is 12.1 Å². The van der Waals surface area contributed by atoms with E-state index in [-0.39, 0.29) is 5.69 Å². The lowest BCUT2D eigenvalue weighted by molar-refractivity contribution is 0.0692. The van der Waals surface area contributed by atoms with Gasteiger partial charge in [-0.3, -0.25) is 0 Å². The van der Waals surface area contributed by atoms with E-state index in [0.717, 1.165) is 12.1 Å². The zero-order valence-electron chi connectivity index (χ0n) is 8.41. The number of rotatable bonds is 3. The fourth-order valence-electron chi connectivity index (χ4n) is 1.09. The number of nitrogens with zero attached hydrogens (tertiary/aromatic N) is 1. The number of benzene rings is 1. The second-order valence-corrected chi connectivity index (χ2v) is 3.23. The molecule has 0 radical (unpaired) electrons. The number of hydrazine groups is 1. The molecule has 0 unspecified atom stereocenters. The van der Waals surface area contributed by atoms with Gasteiger partial charge < -0.3 is 16.3 Å². The quantitative estimate of drug-likeness (QED) is 0.515. The van der Waals surface area contributed by atoms with Gasteiger partial charge in [-0.1, -0.05) is 0 Å². The third-order valence-electron chi connectivity index (χ3n) is 1.71. The first-order valence-corrected chi connectivity index (χ1v) is 4.18. The second-order valence-electron chi connectivity index (χ2n) is 3.23. The lowest BCUT2D eigenvalue weighted by Gasteiger charge is -2.15. The molecule has 0 saturated heterocycles. The minimum Gasteiger partial charge on any atom is -0.478 e. The Balaban J connectivity index is 3.13. The molecule has 1 aromatic rings. The zero-order valence-corrected chi connectivity index (χ0v) is 8.41. The topological polar surface area (TPSA) is 78.6 Å². The van der Waals surface area contributed by atoms with Crippen LogP contribution in [0, 0.1) is 5.82 Å². The summed E-state index contributed by atoms with van der Waals surface area (Å²) in [4.78, 5) is 10.6. The van der Waals surface area contributed by atoms with Gasteiger partial charge in [-0.15, -0.1) is 0 Å². The number of nitrogens with one attached hydrogen (secondary N) is 1. The number of anilines is 2. The SMILES string of the molecule is CN(C)Nc1cc(F)c(C(=O)O)cc1N. The van der Waals surface area contributed by atoms with Crippen LogP contribution in [0.3, 0.4) is 0 Å². The number of nitrogens with two attached hydrogens (primary N) is 1. The summed E-state index contributed by atoms with van der Waals surface area (Å²) in [7, 11) is 3.42. The van der Waals surface area contributed by atoms with Gasteiger partial charge in [0.2, 0.25) is 0 Å². The first-order valence-electron chi connectivity index (χ1n) is 4.18. The smallest absolute Gasteiger partial charge is 0.338 e. The Hall–Kier alpha value is -1.82. The number of halogens is 1. The third-order valence-corrected chi connectivity index (χ3v) is 1.71. The Morgan fingerprint density at radius 2 is 2.13 bits per heavy atom. The maximum absolute atomic E-state index is 13.2. The van der Waals surface area contributed by atoms with E-state index in [1.165, 1.54) is 0 Å². The van der Waals surface area contributed by atoms with Crippen LogP contribution in [0.1, 0.15) is 10.4 Å². The fraction of sp³-hybridized carbons (Fsp3) is 0.222. The number of nitrogen functional groups attached to an aromatic ring is 1. The van der Waals surface area contributed by atoms with Crippen molar-refractivity contribution in [3.63, 3.8) is 0 Å². The molecule has 0 saturated carbocycles. The van der Waals surface area contributed by atoms with Crippen LogP contribution in [0.2, 0.25) is 0 Å². The summed E-state index contributed by atoms with van der Waals surface area (Å²) in [6.45, 7) is 0. The molecule has 0 fully saturated rings. The standard InChI is InChI=1S/C9H12FN3O2/c1-13(2)12-8-4-6(10)5(9(14)15)3-7(8)11/h3-4,12H,11H2,1-2H3,(H,14,15). The molecular weight excluding hydrogens is 201 g/mol. The normalized spacial score (nSPS) is 10.4. The van der Waals surface area contributed by atoms with Crippen molar-refractivity contribution in [2.24, 2.45) is 0 Å². The van der Waals surface area contributed by atoms with Crippen molar-refractivity contribution < 1.29 is 14.3 Å². The Morgan fingerprint density at radius 3 is 2.60 bits per heavy atom. The van der Waals surface area contributed by atoms with Gasteiger partial charge in [-0.25, -0.2) is 14.2 Å². The fourth-order valence-corrected chi connectivity index (χ4v) is 1.09. The monoisotopic (exact) mass is 213 g/mol. The Labute approximate surface area is 86.3 Å². The van der Waals surface area contributed by atoms with E-state index in [4.69, 9.17) is 10.8 Å². The molecule has 0 aliphatic rings. The number of carboxylic acid groups (broad SMARTS) is 1. The summed E-state index contributed by atoms with van der Waals surface area (Å²) in [6.07, 6.45) is 0. The van der Waals surface area contributed by atoms with Gasteiger partial charge in [0.1, 0.15) is 5.82 Å². The molecular formula is C9H12FN3O2. The molecule has 6 heteroatoms. The van der Waals surface area contributed by atoms with E-state index in [1.54, 1.807) is 19.1 Å². The van der Waals surface area contributed by atoms with Crippen LogP contribution in [-0.4, -0.2) is 30.2 Å². The van der Waals surface area contributed by atoms with Crippen molar-refractivity contribution in [1.29, 1.82) is 0 Å². The first kappa shape index (κ1) is 11.3. The number of carbonyl (C=O) groups is 1. The second kappa shape index (κ2) is 4.14. The molecule has 0 heterocycles. The summed E-state index contributed by atoms with van der Waals surface area (Å²) in [5.41, 5.74) is 8.40. The van der Waals surface area contributed by atoms with Crippen molar-refractivity contribution in [3.8, 4) is 0 Å². The van der Waals surface area contributed by atoms with Crippen molar-refractivity contribution >= 4 is 17.3 Å². The van der Waals surface area contributed by atoms with Gasteiger partial charge in [0, 0.05) is 20.2 Å². The molecule has 82 valence electrons. The van der Waals surface area contributed by atoms with E-state index >= 15 is 0 Å². The highest BCUT2D eigenvalue weighted by Crippen LogP contribution is 2.23. The zero-order chi connectivity index (χ0) is 11.6. The van der Waals surface area contributed by atoms with Crippen LogP contribution >= 0.6 is 0 Å². The minimum absolute atomic E-state index is 0.183. The van der Waals surface area contributed by atoms with Gasteiger partial charge in [-0.2, -0.15) is 0 Å². The molecule has 1 aromatic carbocycles. The molecule has 1 rings (SSSR count). The van der Waals surface area contributed by atoms with Crippen LogP contribution in [0.5, 0.6) is 0 Å². The van der Waals surface area contributed by atoms with Crippen molar-refractivity contribution in [1.82, 2.24) is 5.01 Å². The predicted octanol–water partition coefficient (Wildman–Crippen LogP) is 0.995. The van der Waals surface area contributed by atoms with Gasteiger partial charge in [0.15, 0.2) is 0 Å². The van der Waals surface area contributed by atoms with Crippen LogP contribution < -0.4 is 11.2 Å². The number of aromatic carboxylic acids is 1. The molecule has 5 nitrogen and oxygen atoms in total. The van der Waals surface area contributed by atoms with Crippen LogP contribution in [-0.2, 0) is 0 Å². The molecule has 15 heavy (non-hydrogen) atoms. The first-order chi connectivity index (χ1) is 6.91. The Bertz CT molecular complexity index is 393. The summed E-state index contributed by atoms with van der Waals surface area (Å²) >= 11 is 0.